The Bertz CT molecular complexity index is 204. The first-order chi connectivity index (χ1) is 5.97. The molecule has 1 rings (SSSR count). The van der Waals surface area contributed by atoms with Crippen molar-refractivity contribution in [3.63, 3.8) is 0 Å². The van der Waals surface area contributed by atoms with Gasteiger partial charge in [-0.1, -0.05) is 7.43 Å². The molecule has 1 aliphatic heterocycles. The number of hydrogen-bond acceptors (Lipinski definition) is 3. The average molecular weight is 197 g/mol. The fraction of sp³-hybridized carbons (Fsp3) is 0.909. The van der Waals surface area contributed by atoms with Crippen LogP contribution in [0.15, 0.2) is 0 Å². The van der Waals surface area contributed by atoms with Crippen molar-refractivity contribution in [1.29, 1.82) is 5.26 Å². The molecule has 1 fully saturated rings. The maximum Gasteiger partial charge on any atom is 0.109 e. The number of piperidine rings is 1. The van der Waals surface area contributed by atoms with Crippen LogP contribution in [0.1, 0.15) is 41.0 Å². The Kier molecular flexibility index (Phi) is 4.57. The monoisotopic (exact) mass is 197 g/mol. The van der Waals surface area contributed by atoms with Gasteiger partial charge in [0.2, 0.25) is 0 Å². The summed E-state index contributed by atoms with van der Waals surface area (Å²) in [4.78, 5) is 0. The zero-order chi connectivity index (χ0) is 9.95. The highest BCUT2D eigenvalue weighted by Crippen LogP contribution is 2.20. The maximum atomic E-state index is 9.16. The minimum atomic E-state index is -0.302. The molecule has 0 aromatic rings. The van der Waals surface area contributed by atoms with E-state index >= 15 is 0 Å². The largest absolute Gasteiger partial charge is 0.317 e. The summed E-state index contributed by atoms with van der Waals surface area (Å²) >= 11 is 0. The van der Waals surface area contributed by atoms with E-state index < -0.39 is 0 Å². The minimum absolute atomic E-state index is 0. The summed E-state index contributed by atoms with van der Waals surface area (Å²) in [6.45, 7) is 8.20. The van der Waals surface area contributed by atoms with Crippen molar-refractivity contribution in [3.05, 3.63) is 0 Å². The van der Waals surface area contributed by atoms with Crippen molar-refractivity contribution in [3.8, 4) is 6.07 Å². The molecule has 0 spiro atoms. The van der Waals surface area contributed by atoms with Gasteiger partial charge in [0.25, 0.3) is 0 Å². The van der Waals surface area contributed by atoms with Crippen molar-refractivity contribution >= 4 is 0 Å². The van der Waals surface area contributed by atoms with Gasteiger partial charge in [0.1, 0.15) is 5.54 Å². The van der Waals surface area contributed by atoms with E-state index in [4.69, 9.17) is 5.26 Å². The van der Waals surface area contributed by atoms with E-state index in [0.717, 1.165) is 25.9 Å². The second kappa shape index (κ2) is 4.77. The molecule has 0 aliphatic carbocycles. The molecular formula is C11H23N3. The van der Waals surface area contributed by atoms with Gasteiger partial charge in [0.05, 0.1) is 6.07 Å². The third-order valence-electron chi connectivity index (χ3n) is 2.29. The van der Waals surface area contributed by atoms with Crippen LogP contribution < -0.4 is 10.6 Å². The molecule has 0 aromatic carbocycles. The lowest BCUT2D eigenvalue weighted by molar-refractivity contribution is 0.243. The SMILES string of the molecule is C.CC(C)(C)NC1(C#N)CCNCC1. The zero-order valence-electron chi connectivity index (χ0n) is 8.78. The van der Waals surface area contributed by atoms with Gasteiger partial charge in [-0.25, -0.2) is 0 Å². The highest BCUT2D eigenvalue weighted by Gasteiger charge is 2.34. The van der Waals surface area contributed by atoms with Gasteiger partial charge in [-0.3, -0.25) is 5.32 Å². The highest BCUT2D eigenvalue weighted by atomic mass is 15.1. The number of nitrogens with one attached hydrogen (secondary N) is 2. The molecule has 0 unspecified atom stereocenters. The van der Waals surface area contributed by atoms with Gasteiger partial charge in [0.15, 0.2) is 0 Å². The molecule has 1 heterocycles. The van der Waals surface area contributed by atoms with Crippen LogP contribution in [0.3, 0.4) is 0 Å². The molecule has 1 aliphatic rings. The van der Waals surface area contributed by atoms with Crippen LogP contribution >= 0.6 is 0 Å². The van der Waals surface area contributed by atoms with E-state index in [1.165, 1.54) is 0 Å². The predicted molar refractivity (Wildman–Crippen MR) is 60.1 cm³/mol. The first-order valence-corrected chi connectivity index (χ1v) is 4.89. The number of nitrogens with zero attached hydrogens (tertiary/aromatic N) is 1. The van der Waals surface area contributed by atoms with E-state index in [9.17, 15) is 0 Å². The smallest absolute Gasteiger partial charge is 0.109 e. The average Bonchev–Trinajstić information content (AvgIpc) is 2.03. The number of rotatable bonds is 1. The van der Waals surface area contributed by atoms with Crippen LogP contribution in [0.2, 0.25) is 0 Å². The van der Waals surface area contributed by atoms with Crippen LogP contribution in [0.25, 0.3) is 0 Å². The topological polar surface area (TPSA) is 47.9 Å². The summed E-state index contributed by atoms with van der Waals surface area (Å²) in [5.74, 6) is 0. The van der Waals surface area contributed by atoms with E-state index in [1.54, 1.807) is 0 Å². The van der Waals surface area contributed by atoms with Crippen molar-refractivity contribution in [2.45, 2.75) is 52.1 Å². The quantitative estimate of drug-likeness (QED) is 0.672. The van der Waals surface area contributed by atoms with Gasteiger partial charge in [-0.15, -0.1) is 0 Å². The van der Waals surface area contributed by atoms with Gasteiger partial charge < -0.3 is 5.32 Å². The molecule has 0 atom stereocenters. The molecule has 0 bridgehead atoms. The molecule has 3 heteroatoms. The van der Waals surface area contributed by atoms with E-state index in [0.29, 0.717) is 0 Å². The highest BCUT2D eigenvalue weighted by molar-refractivity contribution is 5.11. The van der Waals surface area contributed by atoms with E-state index in [2.05, 4.69) is 37.5 Å². The van der Waals surface area contributed by atoms with Gasteiger partial charge in [-0.05, 0) is 46.7 Å². The second-order valence-corrected chi connectivity index (χ2v) is 4.82. The summed E-state index contributed by atoms with van der Waals surface area (Å²) in [6.07, 6.45) is 1.81. The summed E-state index contributed by atoms with van der Waals surface area (Å²) in [5, 5.41) is 15.9. The molecule has 0 amide bonds. The lowest BCUT2D eigenvalue weighted by atomic mass is 9.87. The van der Waals surface area contributed by atoms with Gasteiger partial charge in [-0.2, -0.15) is 5.26 Å². The lowest BCUT2D eigenvalue weighted by Gasteiger charge is -2.38. The zero-order valence-corrected chi connectivity index (χ0v) is 8.78. The van der Waals surface area contributed by atoms with Crippen LogP contribution in [0.5, 0.6) is 0 Å². The van der Waals surface area contributed by atoms with Crippen LogP contribution in [0.4, 0.5) is 0 Å². The van der Waals surface area contributed by atoms with E-state index in [1.807, 2.05) is 0 Å². The summed E-state index contributed by atoms with van der Waals surface area (Å²) < 4.78 is 0. The normalized spacial score (nSPS) is 20.7. The third kappa shape index (κ3) is 3.65. The molecule has 3 nitrogen and oxygen atoms in total. The van der Waals surface area contributed by atoms with Crippen molar-refractivity contribution in [1.82, 2.24) is 10.6 Å². The van der Waals surface area contributed by atoms with Crippen LogP contribution in [-0.4, -0.2) is 24.2 Å². The Balaban J connectivity index is 0.00000169. The van der Waals surface area contributed by atoms with E-state index in [-0.39, 0.29) is 18.5 Å². The predicted octanol–water partition coefficient (Wildman–Crippen LogP) is 1.66. The standard InChI is InChI=1S/C10H19N3.CH4/c1-9(2,3)13-10(8-11)4-6-12-7-5-10;/h12-13H,4-7H2,1-3H3;1H4. The van der Waals surface area contributed by atoms with Gasteiger partial charge in [0, 0.05) is 5.54 Å². The molecule has 82 valence electrons. The number of nitriles is 1. The Morgan fingerprint density at radius 2 is 1.79 bits per heavy atom. The van der Waals surface area contributed by atoms with Gasteiger partial charge >= 0.3 is 0 Å². The molecular weight excluding hydrogens is 174 g/mol. The first kappa shape index (κ1) is 13.4. The summed E-state index contributed by atoms with van der Waals surface area (Å²) in [6, 6.07) is 2.42. The van der Waals surface area contributed by atoms with Crippen LogP contribution in [-0.2, 0) is 0 Å². The fourth-order valence-corrected chi connectivity index (χ4v) is 1.84. The Labute approximate surface area is 87.9 Å². The Hall–Kier alpha value is -0.590. The van der Waals surface area contributed by atoms with Crippen molar-refractivity contribution < 1.29 is 0 Å². The fourth-order valence-electron chi connectivity index (χ4n) is 1.84. The van der Waals surface area contributed by atoms with Crippen molar-refractivity contribution in [2.75, 3.05) is 13.1 Å². The molecule has 0 saturated carbocycles. The number of hydrogen-bond donors (Lipinski definition) is 2. The lowest BCUT2D eigenvalue weighted by Crippen LogP contribution is -2.57. The maximum absolute atomic E-state index is 9.16. The minimum Gasteiger partial charge on any atom is -0.317 e. The molecule has 14 heavy (non-hydrogen) atoms. The Morgan fingerprint density at radius 3 is 2.14 bits per heavy atom. The molecule has 0 aromatic heterocycles. The molecule has 2 N–H and O–H groups in total. The third-order valence-corrected chi connectivity index (χ3v) is 2.29. The summed E-state index contributed by atoms with van der Waals surface area (Å²) in [7, 11) is 0. The molecule has 1 saturated heterocycles. The van der Waals surface area contributed by atoms with Crippen molar-refractivity contribution in [2.24, 2.45) is 0 Å². The summed E-state index contributed by atoms with van der Waals surface area (Å²) in [5.41, 5.74) is -0.281. The molecule has 0 radical (unpaired) electrons. The second-order valence-electron chi connectivity index (χ2n) is 4.82. The Morgan fingerprint density at radius 1 is 1.29 bits per heavy atom. The first-order valence-electron chi connectivity index (χ1n) is 4.89. The van der Waals surface area contributed by atoms with Crippen LogP contribution in [0, 0.1) is 11.3 Å².